The lowest BCUT2D eigenvalue weighted by Gasteiger charge is -2.24. The molecule has 0 fully saturated rings. The number of benzene rings is 1. The van der Waals surface area contributed by atoms with Gasteiger partial charge in [-0.15, -0.1) is 11.3 Å². The largest absolute Gasteiger partial charge is 0.489 e. The van der Waals surface area contributed by atoms with E-state index in [9.17, 15) is 0 Å². The van der Waals surface area contributed by atoms with E-state index in [1.54, 1.807) is 11.3 Å². The van der Waals surface area contributed by atoms with Crippen LogP contribution in [0.15, 0.2) is 29.6 Å². The summed E-state index contributed by atoms with van der Waals surface area (Å²) >= 11 is 1.67. The first-order chi connectivity index (χ1) is 9.83. The summed E-state index contributed by atoms with van der Waals surface area (Å²) in [7, 11) is 0. The molecule has 114 valence electrons. The summed E-state index contributed by atoms with van der Waals surface area (Å²) in [4.78, 5) is 4.50. The van der Waals surface area contributed by atoms with Crippen LogP contribution >= 0.6 is 11.3 Å². The van der Waals surface area contributed by atoms with Gasteiger partial charge in [0.05, 0.1) is 0 Å². The second kappa shape index (κ2) is 6.58. The van der Waals surface area contributed by atoms with Gasteiger partial charge in [-0.3, -0.25) is 0 Å². The zero-order chi connectivity index (χ0) is 15.5. The van der Waals surface area contributed by atoms with Crippen molar-refractivity contribution in [2.24, 2.45) is 0 Å². The first-order valence-electron chi connectivity index (χ1n) is 7.28. The molecule has 1 unspecified atom stereocenters. The van der Waals surface area contributed by atoms with Crippen molar-refractivity contribution in [3.05, 3.63) is 35.3 Å². The fraction of sp³-hybridized carbons (Fsp3) is 0.471. The molecule has 1 heterocycles. The van der Waals surface area contributed by atoms with Crippen LogP contribution in [-0.2, 0) is 0 Å². The molecule has 0 amide bonds. The smallest absolute Gasteiger partial charge is 0.123 e. The molecule has 1 atom stereocenters. The predicted octanol–water partition coefficient (Wildman–Crippen LogP) is 4.27. The van der Waals surface area contributed by atoms with Crippen LogP contribution in [0.1, 0.15) is 33.4 Å². The van der Waals surface area contributed by atoms with Crippen molar-refractivity contribution >= 4 is 11.3 Å². The molecule has 1 aromatic carbocycles. The van der Waals surface area contributed by atoms with Gasteiger partial charge in [0, 0.05) is 28.7 Å². The molecule has 0 aliphatic carbocycles. The van der Waals surface area contributed by atoms with E-state index in [0.29, 0.717) is 0 Å². The molecule has 3 nitrogen and oxygen atoms in total. The lowest BCUT2D eigenvalue weighted by molar-refractivity contribution is 0.203. The summed E-state index contributed by atoms with van der Waals surface area (Å²) in [5.41, 5.74) is 2.32. The van der Waals surface area contributed by atoms with Gasteiger partial charge in [-0.25, -0.2) is 4.98 Å². The van der Waals surface area contributed by atoms with E-state index in [-0.39, 0.29) is 11.6 Å². The van der Waals surface area contributed by atoms with Gasteiger partial charge >= 0.3 is 0 Å². The summed E-state index contributed by atoms with van der Waals surface area (Å²) in [6.45, 7) is 11.4. The number of hydrogen-bond donors (Lipinski definition) is 1. The van der Waals surface area contributed by atoms with Gasteiger partial charge < -0.3 is 10.1 Å². The van der Waals surface area contributed by atoms with Gasteiger partial charge in [-0.05, 0) is 58.9 Å². The summed E-state index contributed by atoms with van der Waals surface area (Å²) < 4.78 is 5.93. The van der Waals surface area contributed by atoms with Crippen molar-refractivity contribution in [1.29, 1.82) is 0 Å². The molecule has 2 rings (SSSR count). The molecule has 0 saturated carbocycles. The van der Waals surface area contributed by atoms with E-state index >= 15 is 0 Å². The van der Waals surface area contributed by atoms with Crippen LogP contribution in [0.25, 0.3) is 10.6 Å². The van der Waals surface area contributed by atoms with Gasteiger partial charge in [0.2, 0.25) is 0 Å². The highest BCUT2D eigenvalue weighted by Gasteiger charge is 2.12. The molecular weight excluding hydrogens is 280 g/mol. The van der Waals surface area contributed by atoms with Crippen molar-refractivity contribution in [3.63, 3.8) is 0 Å². The normalized spacial score (nSPS) is 13.2. The van der Waals surface area contributed by atoms with Crippen LogP contribution in [0.5, 0.6) is 5.75 Å². The Kier molecular flexibility index (Phi) is 5.01. The third kappa shape index (κ3) is 5.14. The molecule has 21 heavy (non-hydrogen) atoms. The Bertz CT molecular complexity index is 569. The van der Waals surface area contributed by atoms with Crippen LogP contribution < -0.4 is 10.1 Å². The van der Waals surface area contributed by atoms with E-state index in [4.69, 9.17) is 4.74 Å². The van der Waals surface area contributed by atoms with E-state index in [2.05, 4.69) is 55.5 Å². The Labute approximate surface area is 131 Å². The Hall–Kier alpha value is -1.39. The molecule has 0 bridgehead atoms. The quantitative estimate of drug-likeness (QED) is 0.895. The van der Waals surface area contributed by atoms with Crippen molar-refractivity contribution < 1.29 is 4.74 Å². The fourth-order valence-electron chi connectivity index (χ4n) is 1.89. The number of aryl methyl sites for hydroxylation is 1. The summed E-state index contributed by atoms with van der Waals surface area (Å²) in [6.07, 6.45) is 0.136. The maximum absolute atomic E-state index is 5.93. The highest BCUT2D eigenvalue weighted by atomic mass is 32.1. The van der Waals surface area contributed by atoms with Gasteiger partial charge in [-0.1, -0.05) is 0 Å². The van der Waals surface area contributed by atoms with Crippen molar-refractivity contribution in [2.75, 3.05) is 6.54 Å². The van der Waals surface area contributed by atoms with E-state index in [1.807, 2.05) is 19.1 Å². The number of thiazole rings is 1. The Morgan fingerprint density at radius 2 is 1.90 bits per heavy atom. The highest BCUT2D eigenvalue weighted by molar-refractivity contribution is 7.13. The molecule has 0 saturated heterocycles. The molecule has 1 aromatic heterocycles. The SMILES string of the molecule is Cc1csc(-c2ccc(OC(C)CNC(C)(C)C)cc2)n1. The second-order valence-corrected chi connectivity index (χ2v) is 7.24. The lowest BCUT2D eigenvalue weighted by atomic mass is 10.1. The molecule has 2 aromatic rings. The van der Waals surface area contributed by atoms with Gasteiger partial charge in [-0.2, -0.15) is 0 Å². The average Bonchev–Trinajstić information content (AvgIpc) is 2.83. The molecular formula is C17H24N2OS. The lowest BCUT2D eigenvalue weighted by Crippen LogP contribution is -2.41. The maximum Gasteiger partial charge on any atom is 0.123 e. The van der Waals surface area contributed by atoms with Crippen LogP contribution in [0.2, 0.25) is 0 Å². The summed E-state index contributed by atoms with van der Waals surface area (Å²) in [5.74, 6) is 0.898. The minimum Gasteiger partial charge on any atom is -0.489 e. The van der Waals surface area contributed by atoms with Crippen molar-refractivity contribution in [1.82, 2.24) is 10.3 Å². The monoisotopic (exact) mass is 304 g/mol. The highest BCUT2D eigenvalue weighted by Crippen LogP contribution is 2.25. The zero-order valence-corrected chi connectivity index (χ0v) is 14.3. The van der Waals surface area contributed by atoms with Gasteiger partial charge in [0.25, 0.3) is 0 Å². The fourth-order valence-corrected chi connectivity index (χ4v) is 2.69. The number of aromatic nitrogens is 1. The molecule has 0 aliphatic heterocycles. The third-order valence-corrected chi connectivity index (χ3v) is 3.99. The number of nitrogens with one attached hydrogen (secondary N) is 1. The first kappa shape index (κ1) is 16.0. The minimum atomic E-state index is 0.115. The van der Waals surface area contributed by atoms with Crippen LogP contribution in [0.4, 0.5) is 0 Å². The van der Waals surface area contributed by atoms with E-state index in [1.165, 1.54) is 0 Å². The third-order valence-electron chi connectivity index (χ3n) is 2.98. The van der Waals surface area contributed by atoms with Gasteiger partial charge in [0.1, 0.15) is 16.9 Å². The Morgan fingerprint density at radius 1 is 1.24 bits per heavy atom. The Morgan fingerprint density at radius 3 is 2.43 bits per heavy atom. The topological polar surface area (TPSA) is 34.1 Å². The minimum absolute atomic E-state index is 0.115. The molecule has 0 spiro atoms. The molecule has 0 aliphatic rings. The standard InChI is InChI=1S/C17H24N2OS/c1-12-11-21-16(19-12)14-6-8-15(9-7-14)20-13(2)10-18-17(3,4)5/h6-9,11,13,18H,10H2,1-5H3. The molecule has 1 N–H and O–H groups in total. The zero-order valence-electron chi connectivity index (χ0n) is 13.4. The first-order valence-corrected chi connectivity index (χ1v) is 8.16. The van der Waals surface area contributed by atoms with Crippen molar-refractivity contribution in [3.8, 4) is 16.3 Å². The number of ether oxygens (including phenoxy) is 1. The predicted molar refractivity (Wildman–Crippen MR) is 90.1 cm³/mol. The van der Waals surface area contributed by atoms with Crippen LogP contribution in [0.3, 0.4) is 0 Å². The average molecular weight is 304 g/mol. The van der Waals surface area contributed by atoms with Gasteiger partial charge in [0.15, 0.2) is 0 Å². The van der Waals surface area contributed by atoms with Crippen LogP contribution in [-0.4, -0.2) is 23.2 Å². The van der Waals surface area contributed by atoms with Crippen LogP contribution in [0, 0.1) is 6.92 Å². The van der Waals surface area contributed by atoms with Crippen molar-refractivity contribution in [2.45, 2.75) is 46.3 Å². The van der Waals surface area contributed by atoms with E-state index in [0.717, 1.165) is 28.6 Å². The summed E-state index contributed by atoms with van der Waals surface area (Å²) in [5, 5.41) is 6.57. The molecule has 4 heteroatoms. The second-order valence-electron chi connectivity index (χ2n) is 6.38. The number of nitrogens with zero attached hydrogens (tertiary/aromatic N) is 1. The number of hydrogen-bond acceptors (Lipinski definition) is 4. The maximum atomic E-state index is 5.93. The summed E-state index contributed by atoms with van der Waals surface area (Å²) in [6, 6.07) is 8.16. The Balaban J connectivity index is 1.93. The molecule has 0 radical (unpaired) electrons. The van der Waals surface area contributed by atoms with E-state index < -0.39 is 0 Å². The number of rotatable bonds is 5.